The van der Waals surface area contributed by atoms with Crippen LogP contribution in [-0.2, 0) is 0 Å². The maximum Gasteiger partial charge on any atom is 0.348 e. The summed E-state index contributed by atoms with van der Waals surface area (Å²) in [5.41, 5.74) is 3.17. The van der Waals surface area contributed by atoms with E-state index >= 15 is 0 Å². The number of anilines is 1. The Balaban J connectivity index is 1.82. The molecule has 0 amide bonds. The largest absolute Gasteiger partial charge is 0.507 e. The molecular formula is C23H22N2O3S. The molecule has 0 bridgehead atoms. The highest BCUT2D eigenvalue weighted by atomic mass is 32.2. The molecule has 1 aliphatic heterocycles. The summed E-state index contributed by atoms with van der Waals surface area (Å²) in [4.78, 5) is 20.4. The first-order valence-corrected chi connectivity index (χ1v) is 10.2. The molecule has 29 heavy (non-hydrogen) atoms. The number of benzene rings is 2. The number of aryl methyl sites for hydroxylation is 1. The third kappa shape index (κ3) is 3.93. The van der Waals surface area contributed by atoms with E-state index in [0.29, 0.717) is 17.9 Å². The normalized spacial score (nSPS) is 16.0. The number of para-hydroxylation sites is 1. The lowest BCUT2D eigenvalue weighted by atomic mass is 10.0. The molecular weight excluding hydrogens is 384 g/mol. The number of aliphatic imine (C=N–C) groups is 1. The molecule has 2 aromatic carbocycles. The lowest BCUT2D eigenvalue weighted by Gasteiger charge is -2.18. The van der Waals surface area contributed by atoms with Crippen LogP contribution in [0.15, 0.2) is 73.7 Å². The van der Waals surface area contributed by atoms with Crippen molar-refractivity contribution in [3.63, 3.8) is 0 Å². The third-order valence-corrected chi connectivity index (χ3v) is 6.21. The summed E-state index contributed by atoms with van der Waals surface area (Å²) in [5.74, 6) is 0.277. The van der Waals surface area contributed by atoms with Crippen LogP contribution >= 0.6 is 11.8 Å². The van der Waals surface area contributed by atoms with E-state index in [1.807, 2.05) is 38.4 Å². The highest BCUT2D eigenvalue weighted by molar-refractivity contribution is 7.99. The Hall–Kier alpha value is -2.99. The van der Waals surface area contributed by atoms with Gasteiger partial charge in [-0.05, 0) is 36.8 Å². The molecule has 1 aromatic heterocycles. The molecule has 4 rings (SSSR count). The van der Waals surface area contributed by atoms with Crippen molar-refractivity contribution in [3.8, 4) is 5.75 Å². The molecule has 148 valence electrons. The van der Waals surface area contributed by atoms with Crippen molar-refractivity contribution in [2.45, 2.75) is 23.5 Å². The van der Waals surface area contributed by atoms with E-state index in [2.05, 4.69) is 29.2 Å². The fourth-order valence-electron chi connectivity index (χ4n) is 3.40. The van der Waals surface area contributed by atoms with E-state index in [-0.39, 0.29) is 16.6 Å². The standard InChI is InChI=1S/C23H22N2O3S/c1-14-12-19(26)22(23(27)28-14)18-13-21(15-8-10-16(11-9-15)25(2)3)29-20-7-5-4-6-17(20)24-18/h4-12,21,26H,13H2,1-3H3/t21-/m0/s1. The van der Waals surface area contributed by atoms with Crippen LogP contribution in [0.4, 0.5) is 11.4 Å². The van der Waals surface area contributed by atoms with Crippen molar-refractivity contribution in [3.05, 3.63) is 81.9 Å². The van der Waals surface area contributed by atoms with Crippen molar-refractivity contribution in [2.24, 2.45) is 4.99 Å². The molecule has 0 aliphatic carbocycles. The zero-order valence-electron chi connectivity index (χ0n) is 16.5. The monoisotopic (exact) mass is 406 g/mol. The van der Waals surface area contributed by atoms with Crippen LogP contribution in [0.3, 0.4) is 0 Å². The SMILES string of the molecule is Cc1cc(O)c(C2=Nc3ccccc3S[C@H](c3ccc(N(C)C)cc3)C2)c(=O)o1. The van der Waals surface area contributed by atoms with Gasteiger partial charge in [0, 0.05) is 42.4 Å². The Kier molecular flexibility index (Phi) is 5.20. The van der Waals surface area contributed by atoms with Crippen LogP contribution in [0.25, 0.3) is 0 Å². The maximum atomic E-state index is 12.5. The average Bonchev–Trinajstić information content (AvgIpc) is 2.87. The first-order valence-electron chi connectivity index (χ1n) is 9.37. The minimum Gasteiger partial charge on any atom is -0.507 e. The summed E-state index contributed by atoms with van der Waals surface area (Å²) in [6, 6.07) is 17.7. The summed E-state index contributed by atoms with van der Waals surface area (Å²) >= 11 is 1.72. The summed E-state index contributed by atoms with van der Waals surface area (Å²) in [6.45, 7) is 1.64. The second-order valence-corrected chi connectivity index (χ2v) is 8.47. The van der Waals surface area contributed by atoms with Gasteiger partial charge < -0.3 is 14.4 Å². The number of hydrogen-bond acceptors (Lipinski definition) is 6. The molecule has 0 spiro atoms. The molecule has 6 heteroatoms. The van der Waals surface area contributed by atoms with Gasteiger partial charge in [-0.1, -0.05) is 24.3 Å². The van der Waals surface area contributed by atoms with Gasteiger partial charge in [0.25, 0.3) is 0 Å². The Labute approximate surface area is 173 Å². The fraction of sp³-hybridized carbons (Fsp3) is 0.217. The Morgan fingerprint density at radius 2 is 1.86 bits per heavy atom. The van der Waals surface area contributed by atoms with Gasteiger partial charge in [-0.3, -0.25) is 4.99 Å². The molecule has 0 radical (unpaired) electrons. The van der Waals surface area contributed by atoms with Crippen molar-refractivity contribution < 1.29 is 9.52 Å². The quantitative estimate of drug-likeness (QED) is 0.657. The molecule has 0 saturated carbocycles. The van der Waals surface area contributed by atoms with Gasteiger partial charge in [0.15, 0.2) is 0 Å². The lowest BCUT2D eigenvalue weighted by molar-refractivity contribution is 0.432. The first-order chi connectivity index (χ1) is 13.9. The van der Waals surface area contributed by atoms with Crippen LogP contribution in [0, 0.1) is 6.92 Å². The Morgan fingerprint density at radius 3 is 2.55 bits per heavy atom. The molecule has 3 aromatic rings. The summed E-state index contributed by atoms with van der Waals surface area (Å²) in [5, 5.41) is 10.5. The predicted octanol–water partition coefficient (Wildman–Crippen LogP) is 5.08. The maximum absolute atomic E-state index is 12.5. The van der Waals surface area contributed by atoms with Gasteiger partial charge in [0.2, 0.25) is 0 Å². The van der Waals surface area contributed by atoms with Gasteiger partial charge in [-0.25, -0.2) is 4.79 Å². The van der Waals surface area contributed by atoms with Crippen molar-refractivity contribution >= 4 is 28.8 Å². The molecule has 2 heterocycles. The predicted molar refractivity (Wildman–Crippen MR) is 118 cm³/mol. The second kappa shape index (κ2) is 7.79. The van der Waals surface area contributed by atoms with Crippen LogP contribution in [0.1, 0.15) is 28.6 Å². The van der Waals surface area contributed by atoms with Gasteiger partial charge in [0.1, 0.15) is 17.1 Å². The van der Waals surface area contributed by atoms with Crippen molar-refractivity contribution in [2.75, 3.05) is 19.0 Å². The van der Waals surface area contributed by atoms with Crippen LogP contribution in [-0.4, -0.2) is 24.9 Å². The van der Waals surface area contributed by atoms with Crippen LogP contribution in [0.5, 0.6) is 5.75 Å². The fourth-order valence-corrected chi connectivity index (χ4v) is 4.64. The topological polar surface area (TPSA) is 66.0 Å². The van der Waals surface area contributed by atoms with E-state index in [0.717, 1.165) is 21.8 Å². The third-order valence-electron chi connectivity index (χ3n) is 4.89. The number of fused-ring (bicyclic) bond motifs is 1. The molecule has 1 atom stereocenters. The number of rotatable bonds is 3. The van der Waals surface area contributed by atoms with E-state index in [4.69, 9.17) is 9.41 Å². The van der Waals surface area contributed by atoms with Crippen LogP contribution in [0.2, 0.25) is 0 Å². The number of nitrogens with zero attached hydrogens (tertiary/aromatic N) is 2. The summed E-state index contributed by atoms with van der Waals surface area (Å²) in [6.07, 6.45) is 0.502. The average molecular weight is 407 g/mol. The zero-order valence-corrected chi connectivity index (χ0v) is 17.4. The van der Waals surface area contributed by atoms with Crippen LogP contribution < -0.4 is 10.5 Å². The number of hydrogen-bond donors (Lipinski definition) is 1. The van der Waals surface area contributed by atoms with E-state index in [1.165, 1.54) is 6.07 Å². The Morgan fingerprint density at radius 1 is 1.14 bits per heavy atom. The minimum absolute atomic E-state index is 0.0497. The van der Waals surface area contributed by atoms with E-state index in [9.17, 15) is 9.90 Å². The number of thioether (sulfide) groups is 1. The van der Waals surface area contributed by atoms with E-state index in [1.54, 1.807) is 18.7 Å². The van der Waals surface area contributed by atoms with Gasteiger partial charge in [0.05, 0.1) is 11.4 Å². The molecule has 0 unspecified atom stereocenters. The molecule has 1 N–H and O–H groups in total. The van der Waals surface area contributed by atoms with E-state index < -0.39 is 5.63 Å². The highest BCUT2D eigenvalue weighted by Crippen LogP contribution is 2.46. The van der Waals surface area contributed by atoms with Crippen molar-refractivity contribution in [1.29, 1.82) is 0 Å². The Bertz CT molecular complexity index is 1130. The molecule has 1 aliphatic rings. The number of aromatic hydroxyl groups is 1. The smallest absolute Gasteiger partial charge is 0.348 e. The summed E-state index contributed by atoms with van der Waals surface area (Å²) < 4.78 is 5.25. The minimum atomic E-state index is -0.563. The highest BCUT2D eigenvalue weighted by Gasteiger charge is 2.26. The second-order valence-electron chi connectivity index (χ2n) is 7.23. The zero-order chi connectivity index (χ0) is 20.5. The lowest BCUT2D eigenvalue weighted by Crippen LogP contribution is -2.17. The first kappa shape index (κ1) is 19.3. The molecule has 5 nitrogen and oxygen atoms in total. The summed E-state index contributed by atoms with van der Waals surface area (Å²) in [7, 11) is 4.02. The molecule has 0 fully saturated rings. The molecule has 0 saturated heterocycles. The van der Waals surface area contributed by atoms with Gasteiger partial charge in [-0.2, -0.15) is 0 Å². The van der Waals surface area contributed by atoms with Gasteiger partial charge in [-0.15, -0.1) is 11.8 Å². The van der Waals surface area contributed by atoms with Gasteiger partial charge >= 0.3 is 5.63 Å². The van der Waals surface area contributed by atoms with Crippen molar-refractivity contribution in [1.82, 2.24) is 0 Å².